The summed E-state index contributed by atoms with van der Waals surface area (Å²) in [6, 6.07) is 11.7. The molecule has 1 amide bonds. The van der Waals surface area contributed by atoms with Crippen LogP contribution < -0.4 is 10.6 Å². The van der Waals surface area contributed by atoms with Gasteiger partial charge in [-0.2, -0.15) is 13.2 Å². The van der Waals surface area contributed by atoms with Gasteiger partial charge in [0, 0.05) is 22.3 Å². The topological polar surface area (TPSA) is 96.3 Å². The normalized spacial score (nSPS) is 11.1. The van der Waals surface area contributed by atoms with Crippen LogP contribution in [-0.4, -0.2) is 22.4 Å². The van der Waals surface area contributed by atoms with Gasteiger partial charge in [-0.05, 0) is 35.9 Å². The Kier molecular flexibility index (Phi) is 6.81. The maximum absolute atomic E-state index is 13.0. The van der Waals surface area contributed by atoms with Gasteiger partial charge in [0.25, 0.3) is 0 Å². The number of amides is 1. The number of aromatic nitrogens is 2. The number of nitrogens with one attached hydrogen (secondary N) is 2. The monoisotopic (exact) mass is 449 g/mol. The molecule has 0 saturated carbocycles. The van der Waals surface area contributed by atoms with Gasteiger partial charge in [0.05, 0.1) is 23.1 Å². The van der Waals surface area contributed by atoms with E-state index in [1.165, 1.54) is 18.3 Å². The summed E-state index contributed by atoms with van der Waals surface area (Å²) in [5.41, 5.74) is 1.07. The zero-order valence-electron chi connectivity index (χ0n) is 15.8. The summed E-state index contributed by atoms with van der Waals surface area (Å²) >= 11 is 5.91. The zero-order chi connectivity index (χ0) is 22.4. The third-order valence-corrected chi connectivity index (χ3v) is 4.37. The molecule has 0 aliphatic rings. The van der Waals surface area contributed by atoms with Crippen molar-refractivity contribution < 1.29 is 18.0 Å². The van der Waals surface area contributed by atoms with Gasteiger partial charge in [-0.3, -0.25) is 4.79 Å². The van der Waals surface area contributed by atoms with Gasteiger partial charge in [-0.15, -0.1) is 4.91 Å². The van der Waals surface area contributed by atoms with E-state index in [0.29, 0.717) is 22.8 Å². The van der Waals surface area contributed by atoms with Crippen LogP contribution in [-0.2, 0) is 17.4 Å². The smallest absolute Gasteiger partial charge is 0.353 e. The number of nitroso groups, excluding NO2 is 1. The molecule has 2 aromatic carbocycles. The number of hydrogen-bond donors (Lipinski definition) is 2. The van der Waals surface area contributed by atoms with Gasteiger partial charge in [0.2, 0.25) is 5.95 Å². The second-order valence-corrected chi connectivity index (χ2v) is 6.84. The van der Waals surface area contributed by atoms with E-state index >= 15 is 0 Å². The Bertz CT molecular complexity index is 1090. The summed E-state index contributed by atoms with van der Waals surface area (Å²) in [6.45, 7) is -0.385. The van der Waals surface area contributed by atoms with Crippen molar-refractivity contribution in [1.29, 1.82) is 0 Å². The first kappa shape index (κ1) is 22.2. The molecule has 1 aromatic heterocycles. The van der Waals surface area contributed by atoms with Crippen molar-refractivity contribution in [2.24, 2.45) is 5.18 Å². The number of halogens is 4. The molecule has 0 radical (unpaired) electrons. The predicted octanol–water partition coefficient (Wildman–Crippen LogP) is 5.19. The molecule has 1 heterocycles. The van der Waals surface area contributed by atoms with E-state index in [1.807, 2.05) is 0 Å². The predicted molar refractivity (Wildman–Crippen MR) is 110 cm³/mol. The van der Waals surface area contributed by atoms with E-state index in [2.05, 4.69) is 25.8 Å². The zero-order valence-corrected chi connectivity index (χ0v) is 16.5. The van der Waals surface area contributed by atoms with Crippen LogP contribution in [0.3, 0.4) is 0 Å². The maximum atomic E-state index is 13.0. The summed E-state index contributed by atoms with van der Waals surface area (Å²) < 4.78 is 39.0. The molecular weight excluding hydrogens is 435 g/mol. The SMILES string of the molecule is O=NC(=O)CNc1ncc(Nc2cccc(C(F)(F)F)c2)c(Cc2ccc(Cl)cc2)n1. The molecule has 0 aliphatic heterocycles. The first-order valence-corrected chi connectivity index (χ1v) is 9.27. The summed E-state index contributed by atoms with van der Waals surface area (Å²) in [7, 11) is 0. The average molecular weight is 450 g/mol. The summed E-state index contributed by atoms with van der Waals surface area (Å²) in [6.07, 6.45) is -2.80. The van der Waals surface area contributed by atoms with Crippen LogP contribution in [0.1, 0.15) is 16.8 Å². The van der Waals surface area contributed by atoms with Crippen molar-refractivity contribution in [3.63, 3.8) is 0 Å². The highest BCUT2D eigenvalue weighted by atomic mass is 35.5. The molecule has 2 N–H and O–H groups in total. The van der Waals surface area contributed by atoms with Crippen molar-refractivity contribution in [2.75, 3.05) is 17.2 Å². The summed E-state index contributed by atoms with van der Waals surface area (Å²) in [5, 5.41) is 8.32. The Morgan fingerprint density at radius 3 is 2.55 bits per heavy atom. The van der Waals surface area contributed by atoms with E-state index in [0.717, 1.165) is 17.7 Å². The number of carbonyl (C=O) groups is 1. The summed E-state index contributed by atoms with van der Waals surface area (Å²) in [5.74, 6) is -0.857. The fourth-order valence-corrected chi connectivity index (χ4v) is 2.78. The number of hydrogen-bond acceptors (Lipinski definition) is 6. The Hall–Kier alpha value is -3.53. The lowest BCUT2D eigenvalue weighted by Crippen LogP contribution is -2.14. The average Bonchev–Trinajstić information content (AvgIpc) is 2.74. The molecular formula is C20H15ClF3N5O2. The van der Waals surface area contributed by atoms with Crippen LogP contribution in [0, 0.1) is 4.91 Å². The van der Waals surface area contributed by atoms with Crippen LogP contribution in [0.5, 0.6) is 0 Å². The Morgan fingerprint density at radius 1 is 1.13 bits per heavy atom. The van der Waals surface area contributed by atoms with Crippen LogP contribution in [0.15, 0.2) is 59.9 Å². The lowest BCUT2D eigenvalue weighted by molar-refractivity contribution is -0.137. The van der Waals surface area contributed by atoms with Crippen molar-refractivity contribution in [3.05, 3.63) is 81.5 Å². The molecule has 0 aliphatic carbocycles. The quantitative estimate of drug-likeness (QED) is 0.482. The van der Waals surface area contributed by atoms with E-state index in [4.69, 9.17) is 11.6 Å². The van der Waals surface area contributed by atoms with Crippen LogP contribution in [0.2, 0.25) is 5.02 Å². The lowest BCUT2D eigenvalue weighted by Gasteiger charge is -2.14. The molecule has 160 valence electrons. The lowest BCUT2D eigenvalue weighted by atomic mass is 10.1. The minimum absolute atomic E-state index is 0.0653. The van der Waals surface area contributed by atoms with E-state index < -0.39 is 17.6 Å². The first-order valence-electron chi connectivity index (χ1n) is 8.89. The molecule has 0 fully saturated rings. The van der Waals surface area contributed by atoms with Crippen LogP contribution in [0.25, 0.3) is 0 Å². The molecule has 31 heavy (non-hydrogen) atoms. The fraction of sp³-hybridized carbons (Fsp3) is 0.150. The van der Waals surface area contributed by atoms with Crippen LogP contribution in [0.4, 0.5) is 30.5 Å². The fourth-order valence-electron chi connectivity index (χ4n) is 2.65. The summed E-state index contributed by atoms with van der Waals surface area (Å²) in [4.78, 5) is 29.7. The third-order valence-electron chi connectivity index (χ3n) is 4.12. The number of nitrogens with zero attached hydrogens (tertiary/aromatic N) is 3. The number of benzene rings is 2. The molecule has 3 rings (SSSR count). The molecule has 7 nitrogen and oxygen atoms in total. The molecule has 0 saturated heterocycles. The Labute approximate surface area is 179 Å². The highest BCUT2D eigenvalue weighted by Gasteiger charge is 2.30. The van der Waals surface area contributed by atoms with E-state index in [1.54, 1.807) is 24.3 Å². The first-order chi connectivity index (χ1) is 14.7. The minimum atomic E-state index is -4.48. The largest absolute Gasteiger partial charge is 0.416 e. The molecule has 0 unspecified atom stereocenters. The third kappa shape index (κ3) is 6.22. The van der Waals surface area contributed by atoms with Gasteiger partial charge in [-0.1, -0.05) is 29.8 Å². The van der Waals surface area contributed by atoms with Crippen molar-refractivity contribution in [1.82, 2.24) is 9.97 Å². The van der Waals surface area contributed by atoms with Gasteiger partial charge < -0.3 is 10.6 Å². The number of carbonyl (C=O) groups excluding carboxylic acids is 1. The maximum Gasteiger partial charge on any atom is 0.416 e. The van der Waals surface area contributed by atoms with E-state index in [9.17, 15) is 22.9 Å². The standard InChI is InChI=1S/C20H15ClF3N5O2/c21-14-6-4-12(5-7-14)8-16-17(10-25-19(28-16)26-11-18(30)29-31)27-15-3-1-2-13(9-15)20(22,23)24/h1-7,9-10,27H,8,11H2,(H,25,26,28). The van der Waals surface area contributed by atoms with Crippen molar-refractivity contribution >= 4 is 34.8 Å². The minimum Gasteiger partial charge on any atom is -0.353 e. The second kappa shape index (κ2) is 9.52. The van der Waals surface area contributed by atoms with Gasteiger partial charge in [-0.25, -0.2) is 9.97 Å². The van der Waals surface area contributed by atoms with E-state index in [-0.39, 0.29) is 18.2 Å². The van der Waals surface area contributed by atoms with Gasteiger partial charge >= 0.3 is 12.1 Å². The molecule has 11 heteroatoms. The molecule has 0 bridgehead atoms. The number of anilines is 3. The molecule has 3 aromatic rings. The van der Waals surface area contributed by atoms with Gasteiger partial charge in [0.15, 0.2) is 0 Å². The second-order valence-electron chi connectivity index (χ2n) is 6.40. The highest BCUT2D eigenvalue weighted by Crippen LogP contribution is 2.32. The molecule has 0 spiro atoms. The van der Waals surface area contributed by atoms with Crippen molar-refractivity contribution in [2.45, 2.75) is 12.6 Å². The Morgan fingerprint density at radius 2 is 1.87 bits per heavy atom. The number of alkyl halides is 3. The van der Waals surface area contributed by atoms with Gasteiger partial charge in [0.1, 0.15) is 6.54 Å². The van der Waals surface area contributed by atoms with Crippen LogP contribution >= 0.6 is 11.6 Å². The highest BCUT2D eigenvalue weighted by molar-refractivity contribution is 6.30. The Balaban J connectivity index is 1.91. The molecule has 0 atom stereocenters. The van der Waals surface area contributed by atoms with Crippen molar-refractivity contribution in [3.8, 4) is 0 Å². The number of rotatable bonds is 7.